The van der Waals surface area contributed by atoms with Crippen molar-refractivity contribution in [3.63, 3.8) is 0 Å². The molecule has 3 rings (SSSR count). The summed E-state index contributed by atoms with van der Waals surface area (Å²) in [5, 5.41) is 11.1. The lowest BCUT2D eigenvalue weighted by atomic mass is 9.97. The van der Waals surface area contributed by atoms with Crippen LogP contribution in [0.25, 0.3) is 0 Å². The summed E-state index contributed by atoms with van der Waals surface area (Å²) < 4.78 is 5.53. The van der Waals surface area contributed by atoms with Crippen LogP contribution in [0.5, 0.6) is 0 Å². The number of carbonyl (C=O) groups excluding carboxylic acids is 1. The number of carbonyl (C=O) groups is 1. The van der Waals surface area contributed by atoms with Crippen molar-refractivity contribution in [3.05, 3.63) is 5.89 Å². The van der Waals surface area contributed by atoms with Crippen molar-refractivity contribution in [2.75, 3.05) is 31.5 Å². The van der Waals surface area contributed by atoms with Gasteiger partial charge in [0, 0.05) is 25.6 Å². The van der Waals surface area contributed by atoms with Crippen molar-refractivity contribution in [3.8, 4) is 0 Å². The molecule has 2 aliphatic rings. The van der Waals surface area contributed by atoms with Gasteiger partial charge in [-0.05, 0) is 32.2 Å². The van der Waals surface area contributed by atoms with E-state index in [1.807, 2.05) is 0 Å². The summed E-state index contributed by atoms with van der Waals surface area (Å²) in [5.41, 5.74) is 5.37. The number of likely N-dealkylation sites (tertiary alicyclic amines) is 1. The van der Waals surface area contributed by atoms with Crippen LogP contribution in [0.1, 0.15) is 37.5 Å². The van der Waals surface area contributed by atoms with Crippen molar-refractivity contribution in [1.82, 2.24) is 15.1 Å². The fourth-order valence-electron chi connectivity index (χ4n) is 2.61. The van der Waals surface area contributed by atoms with E-state index in [2.05, 4.69) is 20.4 Å². The van der Waals surface area contributed by atoms with Gasteiger partial charge in [0.15, 0.2) is 0 Å². The first-order valence-electron chi connectivity index (χ1n) is 7.31. The van der Waals surface area contributed by atoms with E-state index in [0.717, 1.165) is 57.8 Å². The van der Waals surface area contributed by atoms with Gasteiger partial charge in [-0.25, -0.2) is 0 Å². The normalized spacial score (nSPS) is 23.7. The fourth-order valence-corrected chi connectivity index (χ4v) is 2.61. The van der Waals surface area contributed by atoms with Gasteiger partial charge < -0.3 is 20.4 Å². The standard InChI is InChI=1S/C13H21N5O2/c14-11(19)10-2-1-6-18(8-10)7-5-15-13-17-16-12(20-13)9-3-4-9/h9-10H,1-8H2,(H2,14,19)(H,15,17). The van der Waals surface area contributed by atoms with Crippen LogP contribution in [0.2, 0.25) is 0 Å². The molecule has 7 nitrogen and oxygen atoms in total. The second-order valence-electron chi connectivity index (χ2n) is 5.69. The number of nitrogens with zero attached hydrogens (tertiary/aromatic N) is 3. The van der Waals surface area contributed by atoms with E-state index in [1.165, 1.54) is 0 Å². The predicted molar refractivity (Wildman–Crippen MR) is 73.1 cm³/mol. The summed E-state index contributed by atoms with van der Waals surface area (Å²) in [6.07, 6.45) is 4.25. The third kappa shape index (κ3) is 3.27. The Balaban J connectivity index is 1.41. The number of amides is 1. The molecule has 3 N–H and O–H groups in total. The SMILES string of the molecule is NC(=O)C1CCCN(CCNc2nnc(C3CC3)o2)C1. The van der Waals surface area contributed by atoms with E-state index in [-0.39, 0.29) is 11.8 Å². The molecule has 1 saturated carbocycles. The smallest absolute Gasteiger partial charge is 0.315 e. The van der Waals surface area contributed by atoms with Crippen molar-refractivity contribution in [2.45, 2.75) is 31.6 Å². The highest BCUT2D eigenvalue weighted by molar-refractivity contribution is 5.76. The topological polar surface area (TPSA) is 97.3 Å². The van der Waals surface area contributed by atoms with Crippen LogP contribution in [-0.4, -0.2) is 47.2 Å². The van der Waals surface area contributed by atoms with Gasteiger partial charge in [-0.3, -0.25) is 4.79 Å². The number of hydrogen-bond donors (Lipinski definition) is 2. The zero-order chi connectivity index (χ0) is 13.9. The van der Waals surface area contributed by atoms with Gasteiger partial charge in [-0.2, -0.15) is 0 Å². The number of nitrogens with one attached hydrogen (secondary N) is 1. The lowest BCUT2D eigenvalue weighted by Gasteiger charge is -2.30. The largest absolute Gasteiger partial charge is 0.408 e. The molecule has 0 aromatic carbocycles. The number of rotatable bonds is 6. The second-order valence-corrected chi connectivity index (χ2v) is 5.69. The fraction of sp³-hybridized carbons (Fsp3) is 0.769. The molecular weight excluding hydrogens is 258 g/mol. The second kappa shape index (κ2) is 5.78. The maximum Gasteiger partial charge on any atom is 0.315 e. The minimum atomic E-state index is -0.186. The molecule has 20 heavy (non-hydrogen) atoms. The number of hydrogen-bond acceptors (Lipinski definition) is 6. The van der Waals surface area contributed by atoms with Crippen molar-refractivity contribution in [1.29, 1.82) is 0 Å². The van der Waals surface area contributed by atoms with Gasteiger partial charge in [0.25, 0.3) is 0 Å². The van der Waals surface area contributed by atoms with Crippen LogP contribution >= 0.6 is 0 Å². The average Bonchev–Trinajstić information content (AvgIpc) is 3.19. The maximum absolute atomic E-state index is 11.2. The Kier molecular flexibility index (Phi) is 3.86. The summed E-state index contributed by atoms with van der Waals surface area (Å²) in [6.45, 7) is 3.36. The highest BCUT2D eigenvalue weighted by Crippen LogP contribution is 2.39. The third-order valence-corrected chi connectivity index (χ3v) is 3.98. The van der Waals surface area contributed by atoms with Gasteiger partial charge >= 0.3 is 6.01 Å². The highest BCUT2D eigenvalue weighted by Gasteiger charge is 2.29. The van der Waals surface area contributed by atoms with Crippen molar-refractivity contribution >= 4 is 11.9 Å². The quantitative estimate of drug-likeness (QED) is 0.789. The van der Waals surface area contributed by atoms with E-state index < -0.39 is 0 Å². The van der Waals surface area contributed by atoms with Crippen LogP contribution < -0.4 is 11.1 Å². The van der Waals surface area contributed by atoms with E-state index in [4.69, 9.17) is 10.2 Å². The molecule has 1 unspecified atom stereocenters. The highest BCUT2D eigenvalue weighted by atomic mass is 16.4. The van der Waals surface area contributed by atoms with Crippen LogP contribution in [0.15, 0.2) is 4.42 Å². The van der Waals surface area contributed by atoms with Crippen LogP contribution in [0.3, 0.4) is 0 Å². The summed E-state index contributed by atoms with van der Waals surface area (Å²) in [6, 6.07) is 0.496. The minimum absolute atomic E-state index is 0.00590. The lowest BCUT2D eigenvalue weighted by Crippen LogP contribution is -2.42. The number of nitrogens with two attached hydrogens (primary N) is 1. The first-order chi connectivity index (χ1) is 9.72. The first-order valence-corrected chi connectivity index (χ1v) is 7.31. The van der Waals surface area contributed by atoms with Gasteiger partial charge in [-0.15, -0.1) is 5.10 Å². The molecule has 1 aliphatic carbocycles. The van der Waals surface area contributed by atoms with Crippen LogP contribution in [-0.2, 0) is 4.79 Å². The Morgan fingerprint density at radius 1 is 1.40 bits per heavy atom. The molecule has 0 spiro atoms. The Morgan fingerprint density at radius 3 is 3.00 bits per heavy atom. The van der Waals surface area contributed by atoms with E-state index >= 15 is 0 Å². The Hall–Kier alpha value is -1.63. The molecule has 1 aliphatic heterocycles. The molecule has 0 radical (unpaired) electrons. The van der Waals surface area contributed by atoms with Gasteiger partial charge in [0.1, 0.15) is 0 Å². The molecule has 7 heteroatoms. The molecule has 2 heterocycles. The third-order valence-electron chi connectivity index (χ3n) is 3.98. The summed E-state index contributed by atoms with van der Waals surface area (Å²) in [7, 11) is 0. The van der Waals surface area contributed by atoms with Crippen molar-refractivity contribution in [2.24, 2.45) is 11.7 Å². The summed E-state index contributed by atoms with van der Waals surface area (Å²) in [5.74, 6) is 1.04. The van der Waals surface area contributed by atoms with E-state index in [0.29, 0.717) is 11.9 Å². The Bertz CT molecular complexity index is 471. The van der Waals surface area contributed by atoms with Crippen molar-refractivity contribution < 1.29 is 9.21 Å². The van der Waals surface area contributed by atoms with E-state index in [9.17, 15) is 4.79 Å². The first kappa shape index (κ1) is 13.4. The average molecular weight is 279 g/mol. The Labute approximate surface area is 117 Å². The molecular formula is C13H21N5O2. The van der Waals surface area contributed by atoms with Gasteiger partial charge in [0.05, 0.1) is 5.92 Å². The lowest BCUT2D eigenvalue weighted by molar-refractivity contribution is -0.123. The monoisotopic (exact) mass is 279 g/mol. The molecule has 1 saturated heterocycles. The number of anilines is 1. The molecule has 0 bridgehead atoms. The van der Waals surface area contributed by atoms with Gasteiger partial charge in [-0.1, -0.05) is 5.10 Å². The molecule has 110 valence electrons. The number of piperidine rings is 1. The van der Waals surface area contributed by atoms with Crippen LogP contribution in [0, 0.1) is 5.92 Å². The zero-order valence-corrected chi connectivity index (χ0v) is 11.5. The van der Waals surface area contributed by atoms with Crippen LogP contribution in [0.4, 0.5) is 6.01 Å². The molecule has 1 aromatic heterocycles. The minimum Gasteiger partial charge on any atom is -0.408 e. The van der Waals surface area contributed by atoms with Gasteiger partial charge in [0.2, 0.25) is 11.8 Å². The Morgan fingerprint density at radius 2 is 2.25 bits per heavy atom. The van der Waals surface area contributed by atoms with E-state index in [1.54, 1.807) is 0 Å². The number of primary amides is 1. The molecule has 1 atom stereocenters. The predicted octanol–water partition coefficient (Wildman–Crippen LogP) is 0.556. The molecule has 1 aromatic rings. The summed E-state index contributed by atoms with van der Waals surface area (Å²) in [4.78, 5) is 13.5. The maximum atomic E-state index is 11.2. The zero-order valence-electron chi connectivity index (χ0n) is 11.5. The molecule has 1 amide bonds. The summed E-state index contributed by atoms with van der Waals surface area (Å²) >= 11 is 0. The molecule has 2 fully saturated rings. The number of aromatic nitrogens is 2.